The molecule has 0 amide bonds. The van der Waals surface area contributed by atoms with Gasteiger partial charge >= 0.3 is 0 Å². The van der Waals surface area contributed by atoms with Crippen LogP contribution in [0.2, 0.25) is 5.02 Å². The lowest BCUT2D eigenvalue weighted by Gasteiger charge is -2.26. The van der Waals surface area contributed by atoms with E-state index in [4.69, 9.17) is 27.1 Å². The Bertz CT molecular complexity index is 622. The number of nitrogens with two attached hydrogens (primary N) is 1. The lowest BCUT2D eigenvalue weighted by Crippen LogP contribution is -2.37. The largest absolute Gasteiger partial charge is 0.379 e. The molecular formula is C16H23ClN4O. The molecule has 0 aliphatic carbocycles. The first-order valence-electron chi connectivity index (χ1n) is 7.93. The number of halogens is 1. The highest BCUT2D eigenvalue weighted by atomic mass is 35.5. The number of nitrogens with zero attached hydrogens (tertiary/aromatic N) is 3. The molecule has 0 bridgehead atoms. The Morgan fingerprint density at radius 3 is 2.82 bits per heavy atom. The lowest BCUT2D eigenvalue weighted by molar-refractivity contribution is 0.0369. The smallest absolute Gasteiger partial charge is 0.111 e. The number of benzene rings is 1. The molecule has 6 heteroatoms. The van der Waals surface area contributed by atoms with Crippen molar-refractivity contribution in [3.05, 3.63) is 29.0 Å². The minimum atomic E-state index is 0.612. The molecule has 1 aromatic carbocycles. The molecule has 0 unspecified atom stereocenters. The molecule has 3 rings (SSSR count). The van der Waals surface area contributed by atoms with Crippen LogP contribution in [0.5, 0.6) is 0 Å². The zero-order chi connectivity index (χ0) is 15.4. The van der Waals surface area contributed by atoms with Gasteiger partial charge in [-0.25, -0.2) is 4.98 Å². The molecule has 2 aromatic rings. The van der Waals surface area contributed by atoms with Crippen LogP contribution in [0.3, 0.4) is 0 Å². The number of fused-ring (bicyclic) bond motifs is 1. The minimum Gasteiger partial charge on any atom is -0.379 e. The molecule has 1 aliphatic rings. The first kappa shape index (κ1) is 15.7. The van der Waals surface area contributed by atoms with Crippen molar-refractivity contribution < 1.29 is 4.74 Å². The summed E-state index contributed by atoms with van der Waals surface area (Å²) in [6, 6.07) is 5.87. The first-order valence-corrected chi connectivity index (χ1v) is 8.30. The van der Waals surface area contributed by atoms with Gasteiger partial charge in [-0.3, -0.25) is 4.90 Å². The summed E-state index contributed by atoms with van der Waals surface area (Å²) < 4.78 is 7.66. The summed E-state index contributed by atoms with van der Waals surface area (Å²) in [5, 5.41) is 0.751. The number of aromatic nitrogens is 2. The fourth-order valence-electron chi connectivity index (χ4n) is 2.99. The van der Waals surface area contributed by atoms with Crippen molar-refractivity contribution in [3.63, 3.8) is 0 Å². The van der Waals surface area contributed by atoms with Gasteiger partial charge in [0.25, 0.3) is 0 Å². The number of aryl methyl sites for hydroxylation is 1. The van der Waals surface area contributed by atoms with Crippen LogP contribution in [0.15, 0.2) is 18.2 Å². The molecular weight excluding hydrogens is 300 g/mol. The van der Waals surface area contributed by atoms with E-state index in [9.17, 15) is 0 Å². The molecule has 22 heavy (non-hydrogen) atoms. The van der Waals surface area contributed by atoms with Crippen molar-refractivity contribution >= 4 is 22.6 Å². The molecule has 120 valence electrons. The van der Waals surface area contributed by atoms with Crippen LogP contribution in [-0.4, -0.2) is 53.8 Å². The molecule has 0 saturated carbocycles. The SMILES string of the molecule is NCCc1nc2ccc(Cl)cc2n1CCCN1CCOCC1. The lowest BCUT2D eigenvalue weighted by atomic mass is 10.3. The average Bonchev–Trinajstić information content (AvgIpc) is 2.86. The molecule has 0 atom stereocenters. The highest BCUT2D eigenvalue weighted by molar-refractivity contribution is 6.31. The maximum absolute atomic E-state index is 6.14. The Kier molecular flexibility index (Phi) is 5.31. The summed E-state index contributed by atoms with van der Waals surface area (Å²) in [7, 11) is 0. The second-order valence-electron chi connectivity index (χ2n) is 5.66. The van der Waals surface area contributed by atoms with Gasteiger partial charge in [-0.2, -0.15) is 0 Å². The predicted molar refractivity (Wildman–Crippen MR) is 89.4 cm³/mol. The van der Waals surface area contributed by atoms with E-state index in [1.165, 1.54) is 0 Å². The molecule has 1 aliphatic heterocycles. The van der Waals surface area contributed by atoms with Gasteiger partial charge in [0.2, 0.25) is 0 Å². The zero-order valence-electron chi connectivity index (χ0n) is 12.8. The highest BCUT2D eigenvalue weighted by Gasteiger charge is 2.13. The number of imidazole rings is 1. The third-order valence-corrected chi connectivity index (χ3v) is 4.35. The average molecular weight is 323 g/mol. The van der Waals surface area contributed by atoms with Gasteiger partial charge in [-0.15, -0.1) is 0 Å². The summed E-state index contributed by atoms with van der Waals surface area (Å²) in [4.78, 5) is 7.16. The van der Waals surface area contributed by atoms with Crippen LogP contribution in [0.4, 0.5) is 0 Å². The van der Waals surface area contributed by atoms with Crippen LogP contribution >= 0.6 is 11.6 Å². The van der Waals surface area contributed by atoms with Crippen LogP contribution in [0, 0.1) is 0 Å². The number of hydrogen-bond acceptors (Lipinski definition) is 4. The molecule has 5 nitrogen and oxygen atoms in total. The predicted octanol–water partition coefficient (Wildman–Crippen LogP) is 1.91. The van der Waals surface area contributed by atoms with Crippen LogP contribution in [0.25, 0.3) is 11.0 Å². The highest BCUT2D eigenvalue weighted by Crippen LogP contribution is 2.21. The quantitative estimate of drug-likeness (QED) is 0.882. The van der Waals surface area contributed by atoms with Crippen LogP contribution in [-0.2, 0) is 17.7 Å². The number of hydrogen-bond donors (Lipinski definition) is 1. The molecule has 1 aromatic heterocycles. The molecule has 0 spiro atoms. The van der Waals surface area contributed by atoms with E-state index in [0.717, 1.165) is 74.1 Å². The van der Waals surface area contributed by atoms with Gasteiger partial charge in [0.15, 0.2) is 0 Å². The molecule has 1 fully saturated rings. The Morgan fingerprint density at radius 1 is 1.23 bits per heavy atom. The third-order valence-electron chi connectivity index (χ3n) is 4.12. The standard InChI is InChI=1S/C16H23ClN4O/c17-13-2-3-14-15(12-13)21(16(19-14)4-5-18)7-1-6-20-8-10-22-11-9-20/h2-3,12H,1,4-11,18H2. The second kappa shape index (κ2) is 7.42. The monoisotopic (exact) mass is 322 g/mol. The number of morpholine rings is 1. The second-order valence-corrected chi connectivity index (χ2v) is 6.10. The number of rotatable bonds is 6. The van der Waals surface area contributed by atoms with Crippen molar-refractivity contribution in [3.8, 4) is 0 Å². The van der Waals surface area contributed by atoms with Crippen LogP contribution in [0.1, 0.15) is 12.2 Å². The van der Waals surface area contributed by atoms with Crippen molar-refractivity contribution in [2.45, 2.75) is 19.4 Å². The first-order chi connectivity index (χ1) is 10.8. The molecule has 2 N–H and O–H groups in total. The summed E-state index contributed by atoms with van der Waals surface area (Å²) in [6.45, 7) is 6.41. The van der Waals surface area contributed by atoms with Gasteiger partial charge in [0.1, 0.15) is 5.82 Å². The Morgan fingerprint density at radius 2 is 2.05 bits per heavy atom. The maximum Gasteiger partial charge on any atom is 0.111 e. The van der Waals surface area contributed by atoms with E-state index in [0.29, 0.717) is 6.54 Å². The minimum absolute atomic E-state index is 0.612. The summed E-state index contributed by atoms with van der Waals surface area (Å²) in [6.07, 6.45) is 1.89. The van der Waals surface area contributed by atoms with E-state index in [2.05, 4.69) is 9.47 Å². The Hall–Kier alpha value is -1.14. The van der Waals surface area contributed by atoms with E-state index in [1.807, 2.05) is 18.2 Å². The fourth-order valence-corrected chi connectivity index (χ4v) is 3.16. The normalized spacial score (nSPS) is 16.5. The van der Waals surface area contributed by atoms with Gasteiger partial charge < -0.3 is 15.0 Å². The summed E-state index contributed by atoms with van der Waals surface area (Å²) >= 11 is 6.14. The topological polar surface area (TPSA) is 56.3 Å². The Balaban J connectivity index is 1.72. The maximum atomic E-state index is 6.14. The van der Waals surface area contributed by atoms with Crippen molar-refractivity contribution in [1.29, 1.82) is 0 Å². The molecule has 0 radical (unpaired) electrons. The van der Waals surface area contributed by atoms with Gasteiger partial charge in [0, 0.05) is 37.6 Å². The zero-order valence-corrected chi connectivity index (χ0v) is 13.6. The van der Waals surface area contributed by atoms with Crippen LogP contribution < -0.4 is 5.73 Å². The van der Waals surface area contributed by atoms with E-state index in [1.54, 1.807) is 0 Å². The van der Waals surface area contributed by atoms with E-state index < -0.39 is 0 Å². The van der Waals surface area contributed by atoms with Crippen molar-refractivity contribution in [1.82, 2.24) is 14.5 Å². The van der Waals surface area contributed by atoms with Gasteiger partial charge in [-0.1, -0.05) is 11.6 Å². The van der Waals surface area contributed by atoms with Gasteiger partial charge in [0.05, 0.1) is 24.2 Å². The number of ether oxygens (including phenoxy) is 1. The van der Waals surface area contributed by atoms with Gasteiger partial charge in [-0.05, 0) is 31.2 Å². The van der Waals surface area contributed by atoms with E-state index >= 15 is 0 Å². The molecule has 2 heterocycles. The van der Waals surface area contributed by atoms with Crippen molar-refractivity contribution in [2.75, 3.05) is 39.4 Å². The van der Waals surface area contributed by atoms with E-state index in [-0.39, 0.29) is 0 Å². The summed E-state index contributed by atoms with van der Waals surface area (Å²) in [5.74, 6) is 1.06. The molecule has 1 saturated heterocycles. The Labute approximate surface area is 136 Å². The van der Waals surface area contributed by atoms with Crippen molar-refractivity contribution in [2.24, 2.45) is 5.73 Å². The fraction of sp³-hybridized carbons (Fsp3) is 0.562. The summed E-state index contributed by atoms with van der Waals surface area (Å²) in [5.41, 5.74) is 7.83. The third kappa shape index (κ3) is 3.60.